The highest BCUT2D eigenvalue weighted by Gasteiger charge is 2.18. The lowest BCUT2D eigenvalue weighted by atomic mass is 10.1. The number of carbonyl (C=O) groups is 1. The van der Waals surface area contributed by atoms with Gasteiger partial charge in [-0.15, -0.1) is 0 Å². The Morgan fingerprint density at radius 2 is 2.29 bits per heavy atom. The second-order valence-electron chi connectivity index (χ2n) is 5.68. The molecule has 24 heavy (non-hydrogen) atoms. The van der Waals surface area contributed by atoms with E-state index in [0.717, 1.165) is 18.7 Å². The number of amides is 1. The summed E-state index contributed by atoms with van der Waals surface area (Å²) in [5.41, 5.74) is 1.49. The molecule has 1 fully saturated rings. The van der Waals surface area contributed by atoms with Crippen molar-refractivity contribution in [1.29, 1.82) is 0 Å². The molecule has 1 N–H and O–H groups in total. The Morgan fingerprint density at radius 3 is 3.00 bits per heavy atom. The summed E-state index contributed by atoms with van der Waals surface area (Å²) in [6.07, 6.45) is 3.96. The summed E-state index contributed by atoms with van der Waals surface area (Å²) < 4.78 is 11.2. The number of halogens is 1. The lowest BCUT2D eigenvalue weighted by Gasteiger charge is -2.15. The highest BCUT2D eigenvalue weighted by molar-refractivity contribution is 6.31. The van der Waals surface area contributed by atoms with Crippen LogP contribution in [-0.4, -0.2) is 35.7 Å². The number of benzene rings is 1. The van der Waals surface area contributed by atoms with E-state index in [4.69, 9.17) is 21.1 Å². The van der Waals surface area contributed by atoms with Crippen LogP contribution in [0.5, 0.6) is 5.75 Å². The van der Waals surface area contributed by atoms with Gasteiger partial charge in [-0.05, 0) is 31.5 Å². The van der Waals surface area contributed by atoms with E-state index in [-0.39, 0.29) is 11.6 Å². The van der Waals surface area contributed by atoms with Crippen molar-refractivity contribution in [2.75, 3.05) is 25.1 Å². The number of nitrogens with zero attached hydrogens (tertiary/aromatic N) is 2. The Morgan fingerprint density at radius 1 is 1.42 bits per heavy atom. The number of nitrogens with one attached hydrogen (secondary N) is 1. The summed E-state index contributed by atoms with van der Waals surface area (Å²) in [5, 5.41) is 3.29. The fourth-order valence-corrected chi connectivity index (χ4v) is 2.52. The topological polar surface area (TPSA) is 73.3 Å². The van der Waals surface area contributed by atoms with Crippen molar-refractivity contribution in [1.82, 2.24) is 9.97 Å². The molecule has 0 bridgehead atoms. The standard InChI is InChI=1S/C17H18ClN3O3/c1-11-7-20-15(8-19-11)17(22)21-14-6-13(18)2-3-16(14)24-10-12-4-5-23-9-12/h2-3,6-8,12H,4-5,9-10H2,1H3,(H,21,22)/t12-/m0/s1. The first kappa shape index (κ1) is 16.7. The fraction of sp³-hybridized carbons (Fsp3) is 0.353. The first-order valence-corrected chi connectivity index (χ1v) is 8.09. The van der Waals surface area contributed by atoms with Gasteiger partial charge in [-0.3, -0.25) is 9.78 Å². The molecule has 1 aromatic carbocycles. The molecule has 2 aromatic rings. The van der Waals surface area contributed by atoms with Crippen molar-refractivity contribution in [3.05, 3.63) is 47.0 Å². The van der Waals surface area contributed by atoms with Gasteiger partial charge in [0, 0.05) is 23.7 Å². The van der Waals surface area contributed by atoms with Crippen molar-refractivity contribution in [3.8, 4) is 5.75 Å². The van der Waals surface area contributed by atoms with Crippen molar-refractivity contribution in [2.45, 2.75) is 13.3 Å². The number of hydrogen-bond acceptors (Lipinski definition) is 5. The normalized spacial score (nSPS) is 16.8. The van der Waals surface area contributed by atoms with Crippen molar-refractivity contribution < 1.29 is 14.3 Å². The maximum atomic E-state index is 12.3. The van der Waals surface area contributed by atoms with Gasteiger partial charge in [0.2, 0.25) is 0 Å². The molecule has 0 spiro atoms. The largest absolute Gasteiger partial charge is 0.491 e. The van der Waals surface area contributed by atoms with Crippen LogP contribution in [0.3, 0.4) is 0 Å². The molecule has 0 unspecified atom stereocenters. The molecule has 3 rings (SSSR count). The zero-order chi connectivity index (χ0) is 16.9. The van der Waals surface area contributed by atoms with Gasteiger partial charge in [-0.25, -0.2) is 4.98 Å². The van der Waals surface area contributed by atoms with Gasteiger partial charge in [-0.1, -0.05) is 11.6 Å². The van der Waals surface area contributed by atoms with Crippen molar-refractivity contribution in [3.63, 3.8) is 0 Å². The van der Waals surface area contributed by atoms with Gasteiger partial charge in [-0.2, -0.15) is 0 Å². The Labute approximate surface area is 145 Å². The van der Waals surface area contributed by atoms with E-state index >= 15 is 0 Å². The van der Waals surface area contributed by atoms with Crippen LogP contribution in [0.25, 0.3) is 0 Å². The van der Waals surface area contributed by atoms with Crippen LogP contribution in [0.15, 0.2) is 30.6 Å². The van der Waals surface area contributed by atoms with E-state index in [1.165, 1.54) is 6.20 Å². The van der Waals surface area contributed by atoms with E-state index < -0.39 is 0 Å². The molecule has 2 heterocycles. The summed E-state index contributed by atoms with van der Waals surface area (Å²) in [6, 6.07) is 5.12. The second kappa shape index (κ2) is 7.59. The zero-order valence-electron chi connectivity index (χ0n) is 13.3. The minimum absolute atomic E-state index is 0.232. The smallest absolute Gasteiger partial charge is 0.275 e. The second-order valence-corrected chi connectivity index (χ2v) is 6.11. The predicted molar refractivity (Wildman–Crippen MR) is 90.6 cm³/mol. The number of aryl methyl sites for hydroxylation is 1. The Hall–Kier alpha value is -2.18. The quantitative estimate of drug-likeness (QED) is 0.899. The minimum atomic E-state index is -0.362. The van der Waals surface area contributed by atoms with Crippen molar-refractivity contribution in [2.24, 2.45) is 5.92 Å². The molecule has 1 saturated heterocycles. The average molecular weight is 348 g/mol. The maximum Gasteiger partial charge on any atom is 0.275 e. The lowest BCUT2D eigenvalue weighted by molar-refractivity contribution is 0.102. The molecule has 0 aliphatic carbocycles. The van der Waals surface area contributed by atoms with E-state index in [1.54, 1.807) is 24.4 Å². The number of hydrogen-bond donors (Lipinski definition) is 1. The molecular weight excluding hydrogens is 330 g/mol. The third kappa shape index (κ3) is 4.21. The number of carbonyl (C=O) groups excluding carboxylic acids is 1. The fourth-order valence-electron chi connectivity index (χ4n) is 2.34. The van der Waals surface area contributed by atoms with Gasteiger partial charge in [0.25, 0.3) is 5.91 Å². The molecule has 7 heteroatoms. The third-order valence-electron chi connectivity index (χ3n) is 3.70. The summed E-state index contributed by atoms with van der Waals surface area (Å²) >= 11 is 6.04. The van der Waals surface area contributed by atoms with E-state index in [2.05, 4.69) is 15.3 Å². The molecule has 1 aromatic heterocycles. The highest BCUT2D eigenvalue weighted by Crippen LogP contribution is 2.29. The van der Waals surface area contributed by atoms with E-state index in [9.17, 15) is 4.79 Å². The number of ether oxygens (including phenoxy) is 2. The first-order valence-electron chi connectivity index (χ1n) is 7.72. The Balaban J connectivity index is 1.72. The van der Waals surface area contributed by atoms with Crippen LogP contribution in [0.4, 0.5) is 5.69 Å². The molecule has 0 saturated carbocycles. The van der Waals surface area contributed by atoms with Crippen LogP contribution in [-0.2, 0) is 4.74 Å². The van der Waals surface area contributed by atoms with Crippen LogP contribution in [0.1, 0.15) is 22.6 Å². The molecule has 1 aliphatic rings. The number of anilines is 1. The third-order valence-corrected chi connectivity index (χ3v) is 3.94. The SMILES string of the molecule is Cc1cnc(C(=O)Nc2cc(Cl)ccc2OC[C@H]2CCOC2)cn1. The van der Waals surface area contributed by atoms with E-state index in [0.29, 0.717) is 35.6 Å². The average Bonchev–Trinajstić information content (AvgIpc) is 3.08. The predicted octanol–water partition coefficient (Wildman–Crippen LogP) is 3.11. The molecule has 1 amide bonds. The van der Waals surface area contributed by atoms with E-state index in [1.807, 2.05) is 6.92 Å². The maximum absolute atomic E-state index is 12.3. The van der Waals surface area contributed by atoms with Crippen LogP contribution in [0.2, 0.25) is 5.02 Å². The van der Waals surface area contributed by atoms with Crippen LogP contribution >= 0.6 is 11.6 Å². The molecule has 1 aliphatic heterocycles. The minimum Gasteiger partial charge on any atom is -0.491 e. The molecule has 0 radical (unpaired) electrons. The Bertz CT molecular complexity index is 716. The summed E-state index contributed by atoms with van der Waals surface area (Å²) in [5.74, 6) is 0.575. The first-order chi connectivity index (χ1) is 11.6. The molecular formula is C17H18ClN3O3. The van der Waals surface area contributed by atoms with Gasteiger partial charge in [0.15, 0.2) is 0 Å². The highest BCUT2D eigenvalue weighted by atomic mass is 35.5. The summed E-state index contributed by atoms with van der Waals surface area (Å²) in [6.45, 7) is 3.82. The number of aromatic nitrogens is 2. The van der Waals surface area contributed by atoms with Gasteiger partial charge < -0.3 is 14.8 Å². The lowest BCUT2D eigenvalue weighted by Crippen LogP contribution is -2.16. The van der Waals surface area contributed by atoms with Crippen LogP contribution < -0.4 is 10.1 Å². The molecule has 1 atom stereocenters. The summed E-state index contributed by atoms with van der Waals surface area (Å²) in [4.78, 5) is 20.5. The number of rotatable bonds is 5. The molecule has 6 nitrogen and oxygen atoms in total. The van der Waals surface area contributed by atoms with Crippen LogP contribution in [0, 0.1) is 12.8 Å². The Kier molecular flexibility index (Phi) is 5.27. The zero-order valence-corrected chi connectivity index (χ0v) is 14.0. The van der Waals surface area contributed by atoms with Gasteiger partial charge >= 0.3 is 0 Å². The monoisotopic (exact) mass is 347 g/mol. The summed E-state index contributed by atoms with van der Waals surface area (Å²) in [7, 11) is 0. The molecule has 126 valence electrons. The van der Waals surface area contributed by atoms with Gasteiger partial charge in [0.1, 0.15) is 11.4 Å². The van der Waals surface area contributed by atoms with Crippen molar-refractivity contribution >= 4 is 23.2 Å². The van der Waals surface area contributed by atoms with Gasteiger partial charge in [0.05, 0.1) is 30.8 Å².